The molecule has 0 fully saturated rings. The fourth-order valence-electron chi connectivity index (χ4n) is 2.03. The molecule has 3 heteroatoms. The van der Waals surface area contributed by atoms with Crippen LogP contribution in [0.5, 0.6) is 0 Å². The first-order valence-corrected chi connectivity index (χ1v) is 6.12. The number of hydrogen-bond donors (Lipinski definition) is 1. The van der Waals surface area contributed by atoms with Crippen molar-refractivity contribution in [3.8, 4) is 10.6 Å². The van der Waals surface area contributed by atoms with Gasteiger partial charge in [0.1, 0.15) is 10.8 Å². The van der Waals surface area contributed by atoms with Crippen LogP contribution < -0.4 is 5.73 Å². The summed E-state index contributed by atoms with van der Waals surface area (Å²) in [6.07, 6.45) is 0. The lowest BCUT2D eigenvalue weighted by atomic mass is 10.0. The molecule has 0 aliphatic heterocycles. The van der Waals surface area contributed by atoms with Gasteiger partial charge < -0.3 is 5.73 Å². The molecule has 0 radical (unpaired) electrons. The highest BCUT2D eigenvalue weighted by atomic mass is 32.1. The van der Waals surface area contributed by atoms with Crippen LogP contribution in [0.25, 0.3) is 10.6 Å². The Balaban J connectivity index is 2.64. The Bertz CT molecular complexity index is 498. The Kier molecular flexibility index (Phi) is 2.72. The van der Waals surface area contributed by atoms with E-state index in [2.05, 4.69) is 37.9 Å². The molecule has 2 rings (SSSR count). The van der Waals surface area contributed by atoms with E-state index in [1.165, 1.54) is 22.3 Å². The van der Waals surface area contributed by atoms with Crippen molar-refractivity contribution in [3.63, 3.8) is 0 Å². The number of hydrogen-bond acceptors (Lipinski definition) is 3. The first-order chi connectivity index (χ1) is 7.49. The van der Waals surface area contributed by atoms with Crippen molar-refractivity contribution in [2.24, 2.45) is 0 Å². The second-order valence-corrected chi connectivity index (χ2v) is 5.44. The van der Waals surface area contributed by atoms with Crippen molar-refractivity contribution in [1.82, 2.24) is 4.98 Å². The van der Waals surface area contributed by atoms with Crippen molar-refractivity contribution < 1.29 is 0 Å². The third-order valence-electron chi connectivity index (χ3n) is 2.72. The van der Waals surface area contributed by atoms with Gasteiger partial charge in [-0.25, -0.2) is 4.98 Å². The Morgan fingerprint density at radius 2 is 1.62 bits per heavy atom. The van der Waals surface area contributed by atoms with Gasteiger partial charge in [0.25, 0.3) is 0 Å². The van der Waals surface area contributed by atoms with E-state index in [0.29, 0.717) is 5.82 Å². The van der Waals surface area contributed by atoms with Crippen molar-refractivity contribution in [1.29, 1.82) is 0 Å². The summed E-state index contributed by atoms with van der Waals surface area (Å²) in [5.74, 6) is 0.652. The molecular formula is C13H16N2S. The lowest BCUT2D eigenvalue weighted by Crippen LogP contribution is -1.90. The van der Waals surface area contributed by atoms with E-state index in [9.17, 15) is 0 Å². The Morgan fingerprint density at radius 3 is 2.06 bits per heavy atom. The van der Waals surface area contributed by atoms with Crippen LogP contribution in [0.2, 0.25) is 0 Å². The van der Waals surface area contributed by atoms with Crippen LogP contribution in [0.1, 0.15) is 21.6 Å². The van der Waals surface area contributed by atoms with Gasteiger partial charge in [0.15, 0.2) is 0 Å². The summed E-state index contributed by atoms with van der Waals surface area (Å²) in [5, 5.41) is 1.03. The molecule has 2 nitrogen and oxygen atoms in total. The quantitative estimate of drug-likeness (QED) is 0.815. The van der Waals surface area contributed by atoms with Crippen LogP contribution in [-0.2, 0) is 0 Å². The zero-order chi connectivity index (χ0) is 11.9. The summed E-state index contributed by atoms with van der Waals surface area (Å²) in [7, 11) is 0. The highest BCUT2D eigenvalue weighted by Crippen LogP contribution is 2.33. The van der Waals surface area contributed by atoms with E-state index >= 15 is 0 Å². The van der Waals surface area contributed by atoms with Gasteiger partial charge in [-0.15, -0.1) is 11.3 Å². The minimum absolute atomic E-state index is 0.652. The highest BCUT2D eigenvalue weighted by molar-refractivity contribution is 7.15. The maximum absolute atomic E-state index is 5.81. The van der Waals surface area contributed by atoms with Gasteiger partial charge in [0.2, 0.25) is 0 Å². The van der Waals surface area contributed by atoms with Gasteiger partial charge >= 0.3 is 0 Å². The number of benzene rings is 1. The normalized spacial score (nSPS) is 10.8. The largest absolute Gasteiger partial charge is 0.383 e. The van der Waals surface area contributed by atoms with E-state index in [1.807, 2.05) is 6.92 Å². The summed E-state index contributed by atoms with van der Waals surface area (Å²) < 4.78 is 0. The number of anilines is 1. The zero-order valence-corrected chi connectivity index (χ0v) is 10.9. The molecule has 1 aromatic heterocycles. The summed E-state index contributed by atoms with van der Waals surface area (Å²) in [6, 6.07) is 4.38. The van der Waals surface area contributed by atoms with Crippen LogP contribution >= 0.6 is 11.3 Å². The van der Waals surface area contributed by atoms with Crippen molar-refractivity contribution >= 4 is 17.2 Å². The lowest BCUT2D eigenvalue weighted by molar-refractivity contribution is 1.30. The van der Waals surface area contributed by atoms with Gasteiger partial charge in [0, 0.05) is 10.4 Å². The predicted molar refractivity (Wildman–Crippen MR) is 70.9 cm³/mol. The molecule has 0 saturated carbocycles. The van der Waals surface area contributed by atoms with Gasteiger partial charge in [-0.1, -0.05) is 17.7 Å². The summed E-state index contributed by atoms with van der Waals surface area (Å²) in [5.41, 5.74) is 10.9. The Labute approximate surface area is 100 Å². The van der Waals surface area contributed by atoms with Crippen molar-refractivity contribution in [2.45, 2.75) is 27.7 Å². The van der Waals surface area contributed by atoms with Crippen LogP contribution in [-0.4, -0.2) is 4.98 Å². The number of aryl methyl sites for hydroxylation is 4. The Morgan fingerprint density at radius 1 is 1.06 bits per heavy atom. The van der Waals surface area contributed by atoms with E-state index in [-0.39, 0.29) is 0 Å². The molecule has 0 aliphatic carbocycles. The van der Waals surface area contributed by atoms with Crippen molar-refractivity contribution in [3.05, 3.63) is 33.7 Å². The molecule has 0 unspecified atom stereocenters. The predicted octanol–water partition coefficient (Wildman–Crippen LogP) is 3.63. The number of nitrogen functional groups attached to an aromatic ring is 1. The monoisotopic (exact) mass is 232 g/mol. The molecule has 0 aliphatic rings. The smallest absolute Gasteiger partial charge is 0.138 e. The second-order valence-electron chi connectivity index (χ2n) is 4.23. The summed E-state index contributed by atoms with van der Waals surface area (Å²) in [4.78, 5) is 5.52. The molecule has 0 amide bonds. The van der Waals surface area contributed by atoms with Crippen LogP contribution in [0.3, 0.4) is 0 Å². The molecule has 16 heavy (non-hydrogen) atoms. The third kappa shape index (κ3) is 1.83. The average Bonchev–Trinajstić information content (AvgIpc) is 2.44. The van der Waals surface area contributed by atoms with Gasteiger partial charge in [-0.2, -0.15) is 0 Å². The Hall–Kier alpha value is -1.35. The maximum atomic E-state index is 5.81. The number of nitrogens with two attached hydrogens (primary N) is 1. The molecular weight excluding hydrogens is 216 g/mol. The van der Waals surface area contributed by atoms with Gasteiger partial charge in [-0.3, -0.25) is 0 Å². The van der Waals surface area contributed by atoms with E-state index in [4.69, 9.17) is 5.73 Å². The molecule has 2 aromatic rings. The number of thiazole rings is 1. The van der Waals surface area contributed by atoms with Crippen LogP contribution in [0.4, 0.5) is 5.82 Å². The highest BCUT2D eigenvalue weighted by Gasteiger charge is 2.12. The first kappa shape index (κ1) is 11.1. The minimum Gasteiger partial charge on any atom is -0.383 e. The molecule has 2 N–H and O–H groups in total. The molecule has 1 aromatic carbocycles. The topological polar surface area (TPSA) is 38.9 Å². The average molecular weight is 232 g/mol. The van der Waals surface area contributed by atoms with Gasteiger partial charge in [0.05, 0.1) is 0 Å². The summed E-state index contributed by atoms with van der Waals surface area (Å²) >= 11 is 1.67. The minimum atomic E-state index is 0.652. The standard InChI is InChI=1S/C13H16N2S/c1-7-5-8(2)11(9(3)6-7)13-15-12(14)10(4)16-13/h5-6H,14H2,1-4H3. The van der Waals surface area contributed by atoms with Crippen LogP contribution in [0, 0.1) is 27.7 Å². The molecule has 84 valence electrons. The number of nitrogens with zero attached hydrogens (tertiary/aromatic N) is 1. The SMILES string of the molecule is Cc1cc(C)c(-c2nc(N)c(C)s2)c(C)c1. The first-order valence-electron chi connectivity index (χ1n) is 5.30. The molecule has 1 heterocycles. The molecule has 0 bridgehead atoms. The van der Waals surface area contributed by atoms with E-state index in [0.717, 1.165) is 9.88 Å². The van der Waals surface area contributed by atoms with Gasteiger partial charge in [-0.05, 0) is 38.8 Å². The molecule has 0 saturated heterocycles. The maximum Gasteiger partial charge on any atom is 0.138 e. The number of aromatic nitrogens is 1. The second kappa shape index (κ2) is 3.91. The molecule has 0 spiro atoms. The molecule has 0 atom stereocenters. The third-order valence-corrected chi connectivity index (χ3v) is 3.73. The van der Waals surface area contributed by atoms with Crippen LogP contribution in [0.15, 0.2) is 12.1 Å². The van der Waals surface area contributed by atoms with Crippen molar-refractivity contribution in [2.75, 3.05) is 5.73 Å². The fraction of sp³-hybridized carbons (Fsp3) is 0.308. The fourth-order valence-corrected chi connectivity index (χ4v) is 3.04. The van der Waals surface area contributed by atoms with E-state index in [1.54, 1.807) is 11.3 Å². The zero-order valence-electron chi connectivity index (χ0n) is 10.1. The number of rotatable bonds is 1. The summed E-state index contributed by atoms with van der Waals surface area (Å²) in [6.45, 7) is 8.38. The lowest BCUT2D eigenvalue weighted by Gasteiger charge is -2.08. The van der Waals surface area contributed by atoms with E-state index < -0.39 is 0 Å².